The zero-order chi connectivity index (χ0) is 9.97. The van der Waals surface area contributed by atoms with E-state index in [2.05, 4.69) is 23.8 Å². The van der Waals surface area contributed by atoms with Crippen LogP contribution in [0, 0.1) is 13.8 Å². The first-order chi connectivity index (χ1) is 6.75. The van der Waals surface area contributed by atoms with Crippen molar-refractivity contribution in [2.24, 2.45) is 0 Å². The van der Waals surface area contributed by atoms with Crippen molar-refractivity contribution in [2.75, 3.05) is 0 Å². The summed E-state index contributed by atoms with van der Waals surface area (Å²) < 4.78 is 0. The van der Waals surface area contributed by atoms with E-state index >= 15 is 0 Å². The Labute approximate surface area is 103 Å². The third-order valence-corrected chi connectivity index (χ3v) is 2.09. The van der Waals surface area contributed by atoms with E-state index < -0.39 is 0 Å². The maximum atomic E-state index is 4.29. The van der Waals surface area contributed by atoms with Crippen LogP contribution in [0.1, 0.15) is 11.1 Å². The van der Waals surface area contributed by atoms with Gasteiger partial charge in [0.25, 0.3) is 0 Å². The third-order valence-electron chi connectivity index (χ3n) is 2.09. The first-order valence-electron chi connectivity index (χ1n) is 4.61. The van der Waals surface area contributed by atoms with Crippen molar-refractivity contribution in [3.8, 4) is 11.4 Å². The molecule has 0 saturated carbocycles. The zero-order valence-corrected chi connectivity index (χ0v) is 10.5. The number of rotatable bonds is 1. The Kier molecular flexibility index (Phi) is 4.10. The van der Waals surface area contributed by atoms with E-state index in [9.17, 15) is 0 Å². The van der Waals surface area contributed by atoms with E-state index in [4.69, 9.17) is 0 Å². The largest absolute Gasteiger partial charge is 0.255 e. The standard InChI is InChI=1S/C12H12N2.Ru/c1-9-3-5-13-11(7-9)12-8-10(2)4-6-14-12;/h3-8H,1-2H3;. The van der Waals surface area contributed by atoms with Crippen molar-refractivity contribution in [3.05, 3.63) is 47.8 Å². The molecule has 0 spiro atoms. The molecular formula is C12H12N2Ru. The average molecular weight is 285 g/mol. The van der Waals surface area contributed by atoms with Crippen LogP contribution in [0.3, 0.4) is 0 Å². The van der Waals surface area contributed by atoms with Crippen LogP contribution in [0.5, 0.6) is 0 Å². The Morgan fingerprint density at radius 3 is 1.53 bits per heavy atom. The van der Waals surface area contributed by atoms with Gasteiger partial charge in [-0.2, -0.15) is 0 Å². The molecule has 15 heavy (non-hydrogen) atoms. The van der Waals surface area contributed by atoms with Crippen molar-refractivity contribution < 1.29 is 19.5 Å². The minimum Gasteiger partial charge on any atom is -0.255 e. The molecule has 0 unspecified atom stereocenters. The minimum atomic E-state index is 0. The molecule has 0 aromatic carbocycles. The molecule has 0 bridgehead atoms. The molecule has 2 heterocycles. The van der Waals surface area contributed by atoms with Gasteiger partial charge in [-0.3, -0.25) is 9.97 Å². The number of aryl methyl sites for hydroxylation is 2. The second-order valence-corrected chi connectivity index (χ2v) is 3.44. The summed E-state index contributed by atoms with van der Waals surface area (Å²) in [6.45, 7) is 4.11. The predicted molar refractivity (Wildman–Crippen MR) is 56.9 cm³/mol. The van der Waals surface area contributed by atoms with Crippen LogP contribution in [0.4, 0.5) is 0 Å². The second-order valence-electron chi connectivity index (χ2n) is 3.44. The van der Waals surface area contributed by atoms with Crippen molar-refractivity contribution in [1.29, 1.82) is 0 Å². The van der Waals surface area contributed by atoms with Gasteiger partial charge in [0, 0.05) is 31.9 Å². The Balaban J connectivity index is 0.00000112. The topological polar surface area (TPSA) is 25.8 Å². The van der Waals surface area contributed by atoms with Crippen LogP contribution in [0.2, 0.25) is 0 Å². The Morgan fingerprint density at radius 2 is 1.20 bits per heavy atom. The molecule has 0 radical (unpaired) electrons. The summed E-state index contributed by atoms with van der Waals surface area (Å²) in [5, 5.41) is 0. The van der Waals surface area contributed by atoms with E-state index in [0.717, 1.165) is 11.4 Å². The van der Waals surface area contributed by atoms with Crippen molar-refractivity contribution in [2.45, 2.75) is 13.8 Å². The first kappa shape index (κ1) is 12.0. The summed E-state index contributed by atoms with van der Waals surface area (Å²) in [6.07, 6.45) is 3.63. The van der Waals surface area contributed by atoms with Gasteiger partial charge in [-0.15, -0.1) is 0 Å². The number of hydrogen-bond acceptors (Lipinski definition) is 2. The molecule has 2 aromatic rings. The Hall–Kier alpha value is -1.08. The zero-order valence-electron chi connectivity index (χ0n) is 8.71. The quantitative estimate of drug-likeness (QED) is 0.753. The first-order valence-corrected chi connectivity index (χ1v) is 4.61. The predicted octanol–water partition coefficient (Wildman–Crippen LogP) is 2.76. The molecule has 0 aliphatic heterocycles. The second kappa shape index (κ2) is 5.13. The van der Waals surface area contributed by atoms with E-state index in [1.807, 2.05) is 36.7 Å². The van der Waals surface area contributed by atoms with Gasteiger partial charge in [-0.05, 0) is 49.2 Å². The molecule has 0 aliphatic carbocycles. The van der Waals surface area contributed by atoms with Crippen LogP contribution < -0.4 is 0 Å². The van der Waals surface area contributed by atoms with E-state index in [1.165, 1.54) is 11.1 Å². The molecule has 0 amide bonds. The van der Waals surface area contributed by atoms with Crippen LogP contribution >= 0.6 is 0 Å². The molecule has 0 aliphatic rings. The maximum absolute atomic E-state index is 4.29. The molecule has 3 heteroatoms. The minimum absolute atomic E-state index is 0. The fourth-order valence-electron chi connectivity index (χ4n) is 1.35. The SMILES string of the molecule is Cc1ccnc(-c2cc(C)ccn2)c1.[Ru]. The summed E-state index contributed by atoms with van der Waals surface area (Å²) >= 11 is 0. The fraction of sp³-hybridized carbons (Fsp3) is 0.167. The molecular weight excluding hydrogens is 273 g/mol. The summed E-state index contributed by atoms with van der Waals surface area (Å²) in [4.78, 5) is 8.58. The Bertz CT molecular complexity index is 411. The van der Waals surface area contributed by atoms with Crippen LogP contribution in [0.15, 0.2) is 36.7 Å². The number of aromatic nitrogens is 2. The van der Waals surface area contributed by atoms with Gasteiger partial charge in [0.05, 0.1) is 11.4 Å². The molecule has 0 saturated heterocycles. The van der Waals surface area contributed by atoms with Gasteiger partial charge < -0.3 is 0 Å². The summed E-state index contributed by atoms with van der Waals surface area (Å²) in [5.41, 5.74) is 4.29. The van der Waals surface area contributed by atoms with E-state index in [1.54, 1.807) is 0 Å². The van der Waals surface area contributed by atoms with Crippen molar-refractivity contribution >= 4 is 0 Å². The van der Waals surface area contributed by atoms with Gasteiger partial charge in [-0.25, -0.2) is 0 Å². The van der Waals surface area contributed by atoms with E-state index in [-0.39, 0.29) is 19.5 Å². The summed E-state index contributed by atoms with van der Waals surface area (Å²) in [5.74, 6) is 0. The van der Waals surface area contributed by atoms with Gasteiger partial charge in [0.2, 0.25) is 0 Å². The molecule has 2 rings (SSSR count). The molecule has 0 fully saturated rings. The summed E-state index contributed by atoms with van der Waals surface area (Å²) in [6, 6.07) is 8.06. The van der Waals surface area contributed by atoms with Gasteiger partial charge in [0.1, 0.15) is 0 Å². The van der Waals surface area contributed by atoms with Gasteiger partial charge in [0.15, 0.2) is 0 Å². The number of pyridine rings is 2. The maximum Gasteiger partial charge on any atom is 0.0888 e. The summed E-state index contributed by atoms with van der Waals surface area (Å²) in [7, 11) is 0. The van der Waals surface area contributed by atoms with Crippen LogP contribution in [0.25, 0.3) is 11.4 Å². The molecule has 78 valence electrons. The van der Waals surface area contributed by atoms with Gasteiger partial charge >= 0.3 is 0 Å². The Morgan fingerprint density at radius 1 is 0.800 bits per heavy atom. The van der Waals surface area contributed by atoms with Crippen LogP contribution in [-0.2, 0) is 19.5 Å². The fourth-order valence-corrected chi connectivity index (χ4v) is 1.35. The molecule has 0 atom stereocenters. The van der Waals surface area contributed by atoms with Crippen molar-refractivity contribution in [1.82, 2.24) is 9.97 Å². The van der Waals surface area contributed by atoms with Gasteiger partial charge in [-0.1, -0.05) is 0 Å². The van der Waals surface area contributed by atoms with Crippen molar-refractivity contribution in [3.63, 3.8) is 0 Å². The normalized spacial score (nSPS) is 9.47. The average Bonchev–Trinajstić information content (AvgIpc) is 2.18. The number of nitrogens with zero attached hydrogens (tertiary/aromatic N) is 2. The molecule has 0 N–H and O–H groups in total. The number of hydrogen-bond donors (Lipinski definition) is 0. The monoisotopic (exact) mass is 286 g/mol. The van der Waals surface area contributed by atoms with Crippen LogP contribution in [-0.4, -0.2) is 9.97 Å². The molecule has 2 nitrogen and oxygen atoms in total. The van der Waals surface area contributed by atoms with E-state index in [0.29, 0.717) is 0 Å². The third kappa shape index (κ3) is 2.93. The smallest absolute Gasteiger partial charge is 0.0888 e. The molecule has 2 aromatic heterocycles.